The zero-order valence-corrected chi connectivity index (χ0v) is 15.0. The summed E-state index contributed by atoms with van der Waals surface area (Å²) in [5.41, 5.74) is 0. The predicted octanol–water partition coefficient (Wildman–Crippen LogP) is 2.84. The van der Waals surface area contributed by atoms with Gasteiger partial charge in [-0.1, -0.05) is 34.5 Å². The Morgan fingerprint density at radius 3 is 2.35 bits per heavy atom. The Hall–Kier alpha value is -0.0200. The van der Waals surface area contributed by atoms with Crippen molar-refractivity contribution in [2.75, 3.05) is 18.1 Å². The number of halogens is 3. The summed E-state index contributed by atoms with van der Waals surface area (Å²) >= 11 is 8.99. The van der Waals surface area contributed by atoms with Crippen LogP contribution in [0, 0.1) is 0 Å². The highest BCUT2D eigenvalue weighted by Crippen LogP contribution is 2.37. The van der Waals surface area contributed by atoms with Gasteiger partial charge in [0.05, 0.1) is 10.8 Å². The summed E-state index contributed by atoms with van der Waals surface area (Å²) in [6.45, 7) is 1.30. The van der Waals surface area contributed by atoms with E-state index in [2.05, 4.69) is 15.9 Å². The lowest BCUT2D eigenvalue weighted by Crippen LogP contribution is -2.16. The molecular weight excluding hydrogens is 415 g/mol. The van der Waals surface area contributed by atoms with E-state index in [9.17, 15) is 16.8 Å². The molecule has 20 heavy (non-hydrogen) atoms. The Morgan fingerprint density at radius 2 is 1.85 bits per heavy atom. The van der Waals surface area contributed by atoms with Crippen LogP contribution >= 0.6 is 38.2 Å². The smallest absolute Gasteiger partial charge is 0.265 e. The van der Waals surface area contributed by atoms with E-state index in [4.69, 9.17) is 27.0 Å². The number of benzene rings is 1. The summed E-state index contributed by atoms with van der Waals surface area (Å²) in [6.07, 6.45) is 0. The van der Waals surface area contributed by atoms with Gasteiger partial charge in [0.1, 0.15) is 11.5 Å². The van der Waals surface area contributed by atoms with Gasteiger partial charge in [0.2, 0.25) is 0 Å². The number of hydrogen-bond donors (Lipinski definition) is 0. The van der Waals surface area contributed by atoms with Gasteiger partial charge in [0.25, 0.3) is 9.05 Å². The van der Waals surface area contributed by atoms with Gasteiger partial charge in [0.15, 0.2) is 15.6 Å². The topological polar surface area (TPSA) is 77.5 Å². The van der Waals surface area contributed by atoms with E-state index < -0.39 is 18.9 Å². The standard InChI is InChI=1S/C10H11BrCl2O5S2/c1-2-19(14,15)4-3-18-10-8(12)5-7(11)6-9(10)20(13,16)17/h5-6H,2-4H2,1H3. The fraction of sp³-hybridized carbons (Fsp3) is 0.400. The van der Waals surface area contributed by atoms with E-state index >= 15 is 0 Å². The molecular formula is C10H11BrCl2O5S2. The summed E-state index contributed by atoms with van der Waals surface area (Å²) in [5.74, 6) is -0.417. The van der Waals surface area contributed by atoms with Crippen LogP contribution in [0.4, 0.5) is 0 Å². The van der Waals surface area contributed by atoms with Gasteiger partial charge in [-0.25, -0.2) is 16.8 Å². The van der Waals surface area contributed by atoms with Crippen LogP contribution in [0.1, 0.15) is 6.92 Å². The van der Waals surface area contributed by atoms with Crippen molar-refractivity contribution in [1.29, 1.82) is 0 Å². The van der Waals surface area contributed by atoms with Crippen LogP contribution in [0.5, 0.6) is 5.75 Å². The molecule has 1 aromatic rings. The molecule has 0 spiro atoms. The molecule has 0 saturated heterocycles. The molecule has 0 bridgehead atoms. The maximum atomic E-state index is 11.5. The third kappa shape index (κ3) is 5.07. The Morgan fingerprint density at radius 1 is 1.25 bits per heavy atom. The first-order chi connectivity index (χ1) is 9.07. The third-order valence-corrected chi connectivity index (χ3v) is 6.05. The van der Waals surface area contributed by atoms with Crippen LogP contribution in [0.15, 0.2) is 21.5 Å². The number of hydrogen-bond acceptors (Lipinski definition) is 5. The van der Waals surface area contributed by atoms with Crippen molar-refractivity contribution in [3.8, 4) is 5.75 Å². The molecule has 0 aliphatic carbocycles. The average molecular weight is 426 g/mol. The van der Waals surface area contributed by atoms with Crippen LogP contribution in [0.2, 0.25) is 5.02 Å². The lowest BCUT2D eigenvalue weighted by atomic mass is 10.3. The number of sulfone groups is 1. The van der Waals surface area contributed by atoms with E-state index in [-0.39, 0.29) is 33.8 Å². The first-order valence-electron chi connectivity index (χ1n) is 5.34. The molecule has 0 N–H and O–H groups in total. The van der Waals surface area contributed by atoms with Crippen molar-refractivity contribution >= 4 is 57.1 Å². The molecule has 0 aromatic heterocycles. The van der Waals surface area contributed by atoms with Crippen molar-refractivity contribution in [2.45, 2.75) is 11.8 Å². The Labute approximate surface area is 135 Å². The molecule has 0 fully saturated rings. The van der Waals surface area contributed by atoms with E-state index in [1.807, 2.05) is 0 Å². The zero-order chi connectivity index (χ0) is 15.6. The Kier molecular flexibility index (Phi) is 6.15. The molecule has 0 heterocycles. The van der Waals surface area contributed by atoms with Crippen LogP contribution in [-0.4, -0.2) is 34.9 Å². The molecule has 0 aliphatic rings. The first-order valence-corrected chi connectivity index (χ1v) is 10.6. The average Bonchev–Trinajstić information content (AvgIpc) is 2.30. The zero-order valence-electron chi connectivity index (χ0n) is 10.3. The molecule has 1 aromatic carbocycles. The van der Waals surface area contributed by atoms with Crippen LogP contribution in [-0.2, 0) is 18.9 Å². The molecule has 0 aliphatic heterocycles. The second-order valence-corrected chi connectivity index (χ2v) is 10.1. The first kappa shape index (κ1) is 18.0. The SMILES string of the molecule is CCS(=O)(=O)CCOc1c(Cl)cc(Br)cc1S(=O)(=O)Cl. The summed E-state index contributed by atoms with van der Waals surface area (Å²) < 4.78 is 51.2. The lowest BCUT2D eigenvalue weighted by molar-refractivity contribution is 0.332. The summed E-state index contributed by atoms with van der Waals surface area (Å²) in [6, 6.07) is 2.66. The molecule has 0 atom stereocenters. The van der Waals surface area contributed by atoms with E-state index in [1.54, 1.807) is 0 Å². The van der Waals surface area contributed by atoms with Crippen molar-refractivity contribution in [3.05, 3.63) is 21.6 Å². The van der Waals surface area contributed by atoms with Crippen molar-refractivity contribution in [2.24, 2.45) is 0 Å². The number of rotatable bonds is 6. The van der Waals surface area contributed by atoms with Crippen LogP contribution < -0.4 is 4.74 Å². The summed E-state index contributed by atoms with van der Waals surface area (Å²) in [7, 11) is -1.99. The Balaban J connectivity index is 3.07. The van der Waals surface area contributed by atoms with Gasteiger partial charge >= 0.3 is 0 Å². The monoisotopic (exact) mass is 424 g/mol. The van der Waals surface area contributed by atoms with E-state index in [0.29, 0.717) is 4.47 Å². The van der Waals surface area contributed by atoms with Gasteiger partial charge in [-0.2, -0.15) is 0 Å². The Bertz CT molecular complexity index is 701. The maximum Gasteiger partial charge on any atom is 0.265 e. The van der Waals surface area contributed by atoms with Crippen molar-refractivity contribution < 1.29 is 21.6 Å². The van der Waals surface area contributed by atoms with E-state index in [0.717, 1.165) is 0 Å². The van der Waals surface area contributed by atoms with Gasteiger partial charge in [-0.05, 0) is 12.1 Å². The maximum absolute atomic E-state index is 11.5. The molecule has 0 amide bonds. The largest absolute Gasteiger partial charge is 0.490 e. The molecule has 114 valence electrons. The van der Waals surface area contributed by atoms with E-state index in [1.165, 1.54) is 19.1 Å². The fourth-order valence-corrected chi connectivity index (χ4v) is 3.97. The van der Waals surface area contributed by atoms with Crippen LogP contribution in [0.25, 0.3) is 0 Å². The van der Waals surface area contributed by atoms with Crippen molar-refractivity contribution in [3.63, 3.8) is 0 Å². The van der Waals surface area contributed by atoms with Gasteiger partial charge in [-0.15, -0.1) is 0 Å². The molecule has 0 radical (unpaired) electrons. The molecule has 5 nitrogen and oxygen atoms in total. The third-order valence-electron chi connectivity index (χ3n) is 2.32. The summed E-state index contributed by atoms with van der Waals surface area (Å²) in [5, 5.41) is 0.0208. The highest BCUT2D eigenvalue weighted by atomic mass is 79.9. The predicted molar refractivity (Wildman–Crippen MR) is 82.0 cm³/mol. The summed E-state index contributed by atoms with van der Waals surface area (Å²) in [4.78, 5) is -0.313. The highest BCUT2D eigenvalue weighted by Gasteiger charge is 2.21. The molecule has 10 heteroatoms. The minimum atomic E-state index is -4.07. The van der Waals surface area contributed by atoms with Crippen LogP contribution in [0.3, 0.4) is 0 Å². The van der Waals surface area contributed by atoms with Gasteiger partial charge in [0, 0.05) is 20.9 Å². The minimum Gasteiger partial charge on any atom is -0.490 e. The normalized spacial score (nSPS) is 12.4. The quantitative estimate of drug-likeness (QED) is 0.654. The molecule has 0 unspecified atom stereocenters. The highest BCUT2D eigenvalue weighted by molar-refractivity contribution is 9.10. The van der Waals surface area contributed by atoms with Gasteiger partial charge < -0.3 is 4.74 Å². The fourth-order valence-electron chi connectivity index (χ4n) is 1.27. The molecule has 0 saturated carbocycles. The second kappa shape index (κ2) is 6.83. The molecule has 1 rings (SSSR count). The second-order valence-electron chi connectivity index (χ2n) is 3.74. The van der Waals surface area contributed by atoms with Gasteiger partial charge in [-0.3, -0.25) is 0 Å². The minimum absolute atomic E-state index is 0.0208. The van der Waals surface area contributed by atoms with Crippen molar-refractivity contribution in [1.82, 2.24) is 0 Å². The number of ether oxygens (including phenoxy) is 1. The lowest BCUT2D eigenvalue weighted by Gasteiger charge is -2.12.